The van der Waals surface area contributed by atoms with Gasteiger partial charge in [0.15, 0.2) is 0 Å². The van der Waals surface area contributed by atoms with Gasteiger partial charge in [-0.15, -0.1) is 0 Å². The Morgan fingerprint density at radius 2 is 1.88 bits per heavy atom. The number of amides is 1. The van der Waals surface area contributed by atoms with Crippen LogP contribution in [0.15, 0.2) is 0 Å². The van der Waals surface area contributed by atoms with Crippen LogP contribution in [0.5, 0.6) is 0 Å². The number of carboxylic acid groups (broad SMARTS) is 1. The van der Waals surface area contributed by atoms with Crippen molar-refractivity contribution >= 4 is 11.9 Å². The van der Waals surface area contributed by atoms with Crippen molar-refractivity contribution in [2.45, 2.75) is 45.4 Å². The maximum atomic E-state index is 12.3. The van der Waals surface area contributed by atoms with Crippen LogP contribution in [0.2, 0.25) is 0 Å². The van der Waals surface area contributed by atoms with Crippen molar-refractivity contribution in [3.05, 3.63) is 0 Å². The molecule has 0 bridgehead atoms. The number of carbonyl (C=O) groups excluding carboxylic acids is 1. The minimum Gasteiger partial charge on any atom is -0.480 e. The second-order valence-corrected chi connectivity index (χ2v) is 5.38. The van der Waals surface area contributed by atoms with E-state index in [2.05, 4.69) is 6.92 Å². The molecular formula is C13H21NO3. The van der Waals surface area contributed by atoms with Gasteiger partial charge in [0.05, 0.1) is 0 Å². The van der Waals surface area contributed by atoms with E-state index in [0.29, 0.717) is 18.8 Å². The predicted octanol–water partition coefficient (Wildman–Crippen LogP) is 1.89. The summed E-state index contributed by atoms with van der Waals surface area (Å²) in [7, 11) is 0. The second kappa shape index (κ2) is 4.67. The van der Waals surface area contributed by atoms with Gasteiger partial charge >= 0.3 is 5.97 Å². The molecule has 0 atom stereocenters. The van der Waals surface area contributed by atoms with Gasteiger partial charge in [-0.1, -0.05) is 19.8 Å². The summed E-state index contributed by atoms with van der Waals surface area (Å²) < 4.78 is 0. The molecule has 17 heavy (non-hydrogen) atoms. The quantitative estimate of drug-likeness (QED) is 0.765. The van der Waals surface area contributed by atoms with Gasteiger partial charge in [-0.05, 0) is 31.6 Å². The largest absolute Gasteiger partial charge is 0.480 e. The molecule has 1 saturated carbocycles. The van der Waals surface area contributed by atoms with Gasteiger partial charge in [-0.2, -0.15) is 0 Å². The summed E-state index contributed by atoms with van der Waals surface area (Å²) in [4.78, 5) is 25.3. The molecule has 0 spiro atoms. The van der Waals surface area contributed by atoms with Gasteiger partial charge in [0.1, 0.15) is 5.41 Å². The van der Waals surface area contributed by atoms with E-state index in [9.17, 15) is 14.7 Å². The molecule has 0 aromatic rings. The minimum atomic E-state index is -1.07. The minimum absolute atomic E-state index is 0.134. The molecule has 1 N–H and O–H groups in total. The highest BCUT2D eigenvalue weighted by atomic mass is 16.4. The molecule has 2 fully saturated rings. The molecule has 0 unspecified atom stereocenters. The fraction of sp³-hybridized carbons (Fsp3) is 0.846. The Balaban J connectivity index is 1.99. The fourth-order valence-electron chi connectivity index (χ4n) is 2.90. The number of carbonyl (C=O) groups is 2. The first-order valence-corrected chi connectivity index (χ1v) is 6.63. The highest BCUT2D eigenvalue weighted by Gasteiger charge is 2.53. The zero-order valence-electron chi connectivity index (χ0n) is 10.4. The Labute approximate surface area is 102 Å². The third kappa shape index (κ3) is 2.05. The average molecular weight is 239 g/mol. The molecule has 0 aromatic carbocycles. The van der Waals surface area contributed by atoms with E-state index >= 15 is 0 Å². The van der Waals surface area contributed by atoms with Crippen LogP contribution in [-0.4, -0.2) is 35.0 Å². The summed E-state index contributed by atoms with van der Waals surface area (Å²) in [6.45, 7) is 3.66. The summed E-state index contributed by atoms with van der Waals surface area (Å²) in [6.07, 6.45) is 5.12. The number of aliphatic carboxylic acids is 1. The molecule has 2 rings (SSSR count). The van der Waals surface area contributed by atoms with Gasteiger partial charge < -0.3 is 10.0 Å². The first-order chi connectivity index (χ1) is 8.10. The molecule has 1 aliphatic heterocycles. The number of nitrogens with zero attached hydrogens (tertiary/aromatic N) is 1. The SMILES string of the molecule is CCC1CCN(C(=O)C2(C(=O)O)CCC2)CC1. The highest BCUT2D eigenvalue weighted by molar-refractivity contribution is 6.02. The first kappa shape index (κ1) is 12.4. The standard InChI is InChI=1S/C13H21NO3/c1-2-10-4-8-14(9-5-10)11(15)13(12(16)17)6-3-7-13/h10H,2-9H2,1H3,(H,16,17). The van der Waals surface area contributed by atoms with Crippen molar-refractivity contribution in [1.29, 1.82) is 0 Å². The molecular weight excluding hydrogens is 218 g/mol. The summed E-state index contributed by atoms with van der Waals surface area (Å²) >= 11 is 0. The van der Waals surface area contributed by atoms with Crippen molar-refractivity contribution in [2.24, 2.45) is 11.3 Å². The normalized spacial score (nSPS) is 24.2. The number of piperidine rings is 1. The number of rotatable bonds is 3. The molecule has 4 nitrogen and oxygen atoms in total. The summed E-state index contributed by atoms with van der Waals surface area (Å²) in [5.74, 6) is -0.349. The second-order valence-electron chi connectivity index (χ2n) is 5.38. The summed E-state index contributed by atoms with van der Waals surface area (Å²) in [5.41, 5.74) is -1.07. The molecule has 1 aliphatic carbocycles. The topological polar surface area (TPSA) is 57.6 Å². The van der Waals surface area contributed by atoms with E-state index < -0.39 is 11.4 Å². The van der Waals surface area contributed by atoms with Crippen LogP contribution >= 0.6 is 0 Å². The van der Waals surface area contributed by atoms with Crippen molar-refractivity contribution in [3.63, 3.8) is 0 Å². The number of likely N-dealkylation sites (tertiary alicyclic amines) is 1. The average Bonchev–Trinajstić information content (AvgIpc) is 2.27. The van der Waals surface area contributed by atoms with Crippen LogP contribution in [0.1, 0.15) is 45.4 Å². The lowest BCUT2D eigenvalue weighted by atomic mass is 9.67. The van der Waals surface area contributed by atoms with Crippen LogP contribution in [0.3, 0.4) is 0 Å². The lowest BCUT2D eigenvalue weighted by Gasteiger charge is -2.42. The number of hydrogen-bond acceptors (Lipinski definition) is 2. The Morgan fingerprint density at radius 3 is 2.24 bits per heavy atom. The molecule has 2 aliphatic rings. The van der Waals surface area contributed by atoms with Crippen LogP contribution in [0, 0.1) is 11.3 Å². The van der Waals surface area contributed by atoms with Crippen molar-refractivity contribution in [2.75, 3.05) is 13.1 Å². The maximum Gasteiger partial charge on any atom is 0.319 e. The Hall–Kier alpha value is -1.06. The molecule has 0 radical (unpaired) electrons. The summed E-state index contributed by atoms with van der Waals surface area (Å²) in [6, 6.07) is 0. The van der Waals surface area contributed by atoms with E-state index in [1.165, 1.54) is 0 Å². The van der Waals surface area contributed by atoms with E-state index in [4.69, 9.17) is 0 Å². The molecule has 1 amide bonds. The van der Waals surface area contributed by atoms with Crippen molar-refractivity contribution in [1.82, 2.24) is 4.90 Å². The zero-order valence-corrected chi connectivity index (χ0v) is 10.4. The van der Waals surface area contributed by atoms with Gasteiger partial charge in [-0.3, -0.25) is 9.59 Å². The Kier molecular flexibility index (Phi) is 3.40. The lowest BCUT2D eigenvalue weighted by molar-refractivity contribution is -0.168. The predicted molar refractivity (Wildman–Crippen MR) is 63.5 cm³/mol. The van der Waals surface area contributed by atoms with E-state index in [-0.39, 0.29) is 5.91 Å². The van der Waals surface area contributed by atoms with Crippen LogP contribution in [-0.2, 0) is 9.59 Å². The molecule has 96 valence electrons. The van der Waals surface area contributed by atoms with Crippen LogP contribution in [0.25, 0.3) is 0 Å². The zero-order chi connectivity index (χ0) is 12.5. The fourth-order valence-corrected chi connectivity index (χ4v) is 2.90. The van der Waals surface area contributed by atoms with Gasteiger partial charge in [-0.25, -0.2) is 0 Å². The van der Waals surface area contributed by atoms with Crippen LogP contribution in [0.4, 0.5) is 0 Å². The van der Waals surface area contributed by atoms with E-state index in [1.807, 2.05) is 0 Å². The number of carboxylic acids is 1. The maximum absolute atomic E-state index is 12.3. The molecule has 1 saturated heterocycles. The van der Waals surface area contributed by atoms with Gasteiger partial charge in [0.2, 0.25) is 5.91 Å². The van der Waals surface area contributed by atoms with Crippen LogP contribution < -0.4 is 0 Å². The lowest BCUT2D eigenvalue weighted by Crippen LogP contribution is -2.54. The van der Waals surface area contributed by atoms with Gasteiger partial charge in [0, 0.05) is 13.1 Å². The van der Waals surface area contributed by atoms with E-state index in [1.54, 1.807) is 4.90 Å². The number of hydrogen-bond donors (Lipinski definition) is 1. The third-order valence-electron chi connectivity index (χ3n) is 4.50. The molecule has 0 aromatic heterocycles. The molecule has 1 heterocycles. The smallest absolute Gasteiger partial charge is 0.319 e. The Bertz CT molecular complexity index is 315. The monoisotopic (exact) mass is 239 g/mol. The Morgan fingerprint density at radius 1 is 1.29 bits per heavy atom. The molecule has 4 heteroatoms. The van der Waals surface area contributed by atoms with Crippen molar-refractivity contribution in [3.8, 4) is 0 Å². The third-order valence-corrected chi connectivity index (χ3v) is 4.50. The van der Waals surface area contributed by atoms with E-state index in [0.717, 1.165) is 38.8 Å². The highest BCUT2D eigenvalue weighted by Crippen LogP contribution is 2.43. The summed E-state index contributed by atoms with van der Waals surface area (Å²) in [5, 5.41) is 9.24. The first-order valence-electron chi connectivity index (χ1n) is 6.63. The van der Waals surface area contributed by atoms with Gasteiger partial charge in [0.25, 0.3) is 0 Å². The van der Waals surface area contributed by atoms with Crippen molar-refractivity contribution < 1.29 is 14.7 Å².